The molecule has 70 heavy (non-hydrogen) atoms. The number of likely N-dealkylation sites (tertiary alicyclic amines) is 1. The van der Waals surface area contributed by atoms with E-state index < -0.39 is 145 Å². The van der Waals surface area contributed by atoms with Crippen molar-refractivity contribution < 1.29 is 63.0 Å². The van der Waals surface area contributed by atoms with Gasteiger partial charge >= 0.3 is 5.97 Å². The third kappa shape index (κ3) is 20.5. The van der Waals surface area contributed by atoms with Gasteiger partial charge in [0.25, 0.3) is 0 Å². The normalized spacial score (nSPS) is 16.5. The number of nitrogens with two attached hydrogens (primary N) is 5. The fourth-order valence-corrected chi connectivity index (χ4v) is 7.28. The second kappa shape index (κ2) is 30.0. The summed E-state index contributed by atoms with van der Waals surface area (Å²) in [7, 11) is 0. The van der Waals surface area contributed by atoms with E-state index in [2.05, 4.69) is 67.5 Å². The maximum atomic E-state index is 14.0. The fraction of sp³-hybridized carbons (Fsp3) is 0.561. The molecule has 0 aromatic heterocycles. The van der Waals surface area contributed by atoms with Crippen LogP contribution in [-0.4, -0.2) is 172 Å². The topological polar surface area (TPSA) is 458 Å². The zero-order valence-electron chi connectivity index (χ0n) is 38.3. The molecule has 0 radical (unpaired) electrons. The first-order valence-corrected chi connectivity index (χ1v) is 23.2. The average molecular weight is 1030 g/mol. The van der Waals surface area contributed by atoms with Crippen LogP contribution in [0, 0.1) is 0 Å². The lowest BCUT2D eigenvalue weighted by Crippen LogP contribution is -2.61. The van der Waals surface area contributed by atoms with Crippen molar-refractivity contribution in [1.82, 2.24) is 42.1 Å². The highest BCUT2D eigenvalue weighted by molar-refractivity contribution is 7.80. The molecule has 29 heteroatoms. The van der Waals surface area contributed by atoms with Crippen LogP contribution in [0.3, 0.4) is 0 Å². The van der Waals surface area contributed by atoms with Gasteiger partial charge in [0.05, 0.1) is 18.6 Å². The minimum absolute atomic E-state index is 0.0183. The summed E-state index contributed by atoms with van der Waals surface area (Å²) in [5.41, 5.74) is 27.7. The summed E-state index contributed by atoms with van der Waals surface area (Å²) < 4.78 is 0. The van der Waals surface area contributed by atoms with Crippen LogP contribution in [0.25, 0.3) is 0 Å². The number of rotatable bonds is 30. The summed E-state index contributed by atoms with van der Waals surface area (Å²) >= 11 is 8.17. The van der Waals surface area contributed by atoms with Crippen LogP contribution < -0.4 is 65.9 Å². The second-order valence-corrected chi connectivity index (χ2v) is 16.8. The smallest absolute Gasteiger partial charge is 0.322 e. The molecule has 1 heterocycles. The number of amides is 10. The molecular formula is C41H64N14O13S2. The van der Waals surface area contributed by atoms with Crippen molar-refractivity contribution in [2.75, 3.05) is 31.1 Å². The van der Waals surface area contributed by atoms with Gasteiger partial charge in [0.1, 0.15) is 48.8 Å². The number of aliphatic hydroxyl groups excluding tert-OH is 1. The van der Waals surface area contributed by atoms with Gasteiger partial charge in [0, 0.05) is 37.4 Å². The van der Waals surface area contributed by atoms with Crippen LogP contribution in [0.15, 0.2) is 35.3 Å². The first-order valence-electron chi connectivity index (χ1n) is 21.9. The zero-order valence-corrected chi connectivity index (χ0v) is 40.1. The van der Waals surface area contributed by atoms with E-state index >= 15 is 0 Å². The highest BCUT2D eigenvalue weighted by Gasteiger charge is 2.40. The Kier molecular flexibility index (Phi) is 25.5. The number of guanidine groups is 1. The molecule has 0 aliphatic carbocycles. The van der Waals surface area contributed by atoms with Crippen LogP contribution in [0.1, 0.15) is 57.4 Å². The predicted molar refractivity (Wildman–Crippen MR) is 257 cm³/mol. The molecular weight excluding hydrogens is 961 g/mol. The number of benzene rings is 1. The van der Waals surface area contributed by atoms with Crippen molar-refractivity contribution in [1.29, 1.82) is 0 Å². The van der Waals surface area contributed by atoms with E-state index in [9.17, 15) is 57.8 Å². The molecule has 10 amide bonds. The van der Waals surface area contributed by atoms with Crippen molar-refractivity contribution in [3.63, 3.8) is 0 Å². The second-order valence-electron chi connectivity index (χ2n) is 16.1. The Balaban J connectivity index is 2.35. The SMILES string of the molecule is C[C@@H](O)[C@H](NC(=O)[C@@H](N)CS)C(=O)N[C@@H](Cc1ccccc1)C(=O)N[C@@H](CCC(N)=O)C(=O)N[C@@H](CC(N)=O)C(=O)N[C@@H](CS)C(=O)N1CCC[C@H]1C(=O)N[C@@H](CCCN=C(N)N)C(=O)NCC(=O)O. The maximum absolute atomic E-state index is 14.0. The average Bonchev–Trinajstić information content (AvgIpc) is 3.80. The van der Waals surface area contributed by atoms with Gasteiger partial charge in [0.15, 0.2) is 5.96 Å². The maximum Gasteiger partial charge on any atom is 0.322 e. The number of carboxylic acids is 1. The molecule has 1 aromatic rings. The molecule has 1 aliphatic rings. The van der Waals surface area contributed by atoms with Crippen molar-refractivity contribution in [3.05, 3.63) is 35.9 Å². The van der Waals surface area contributed by atoms with E-state index in [1.807, 2.05) is 0 Å². The van der Waals surface area contributed by atoms with Crippen LogP contribution in [-0.2, 0) is 59.2 Å². The monoisotopic (exact) mass is 1020 g/mol. The number of carbonyl (C=O) groups is 11. The van der Waals surface area contributed by atoms with E-state index in [1.54, 1.807) is 30.3 Å². The third-order valence-corrected chi connectivity index (χ3v) is 11.2. The number of aliphatic hydroxyl groups is 1. The van der Waals surface area contributed by atoms with E-state index in [0.717, 1.165) is 4.90 Å². The van der Waals surface area contributed by atoms with Crippen molar-refractivity contribution >= 4 is 96.3 Å². The summed E-state index contributed by atoms with van der Waals surface area (Å²) in [6.45, 7) is 0.562. The Morgan fingerprint density at radius 2 is 1.31 bits per heavy atom. The lowest BCUT2D eigenvalue weighted by molar-refractivity contribution is -0.142. The number of carbonyl (C=O) groups excluding carboxylic acids is 10. The van der Waals surface area contributed by atoms with Crippen molar-refractivity contribution in [3.8, 4) is 0 Å². The van der Waals surface area contributed by atoms with Gasteiger partial charge in [0.2, 0.25) is 59.1 Å². The Morgan fingerprint density at radius 3 is 1.89 bits per heavy atom. The number of thiol groups is 2. The van der Waals surface area contributed by atoms with Crippen LogP contribution in [0.4, 0.5) is 0 Å². The van der Waals surface area contributed by atoms with Gasteiger partial charge in [-0.05, 0) is 44.6 Å². The first-order chi connectivity index (χ1) is 33.0. The summed E-state index contributed by atoms with van der Waals surface area (Å²) in [6.07, 6.45) is -2.88. The molecule has 27 nitrogen and oxygen atoms in total. The predicted octanol–water partition coefficient (Wildman–Crippen LogP) is -6.91. The molecule has 1 fully saturated rings. The minimum Gasteiger partial charge on any atom is -0.480 e. The van der Waals surface area contributed by atoms with Gasteiger partial charge in [-0.25, -0.2) is 0 Å². The van der Waals surface area contributed by atoms with E-state index in [0.29, 0.717) is 12.0 Å². The number of hydrogen-bond acceptors (Lipinski definition) is 16. The molecule has 1 aliphatic heterocycles. The van der Waals surface area contributed by atoms with E-state index in [-0.39, 0.29) is 56.2 Å². The number of primary amides is 2. The standard InChI is InChI=1S/C41H64N14O13S2/c1-20(56)32(54-33(61)22(42)18-69)39(67)52-25(15-21-7-3-2-4-8-21)36(64)49-24(11-12-29(43)57)35(63)51-26(16-30(44)58)37(65)53-27(19-70)40(68)55-14-6-10-28(55)38(66)50-23(9-5-13-47-41(45)46)34(62)48-17-31(59)60/h2-4,7-8,20,22-28,32,56,69-70H,5-6,9-19,42H2,1H3,(H2,43,57)(H2,44,58)(H,48,62)(H,49,64)(H,50,66)(H,51,63)(H,52,67)(H,53,65)(H,54,61)(H,59,60)(H4,45,46,47)/t20-,22+,23+,24+,25+,26+,27+,28+,32+/m1/s1. The van der Waals surface area contributed by atoms with Gasteiger partial charge in [-0.3, -0.25) is 57.7 Å². The van der Waals surface area contributed by atoms with Crippen LogP contribution in [0.2, 0.25) is 0 Å². The Morgan fingerprint density at radius 1 is 0.729 bits per heavy atom. The van der Waals surface area contributed by atoms with Crippen LogP contribution >= 0.6 is 25.3 Å². The fourth-order valence-electron chi connectivity index (χ4n) is 6.87. The molecule has 388 valence electrons. The molecule has 2 rings (SSSR count). The van der Waals surface area contributed by atoms with Gasteiger partial charge in [-0.2, -0.15) is 25.3 Å². The number of aliphatic carboxylic acids is 1. The van der Waals surface area contributed by atoms with Crippen molar-refractivity contribution in [2.24, 2.45) is 33.7 Å². The number of aliphatic imine (C=N–C) groups is 1. The minimum atomic E-state index is -1.81. The summed E-state index contributed by atoms with van der Waals surface area (Å²) in [6, 6.07) is -3.42. The largest absolute Gasteiger partial charge is 0.480 e. The highest BCUT2D eigenvalue weighted by atomic mass is 32.1. The molecule has 0 unspecified atom stereocenters. The summed E-state index contributed by atoms with van der Waals surface area (Å²) in [4.78, 5) is 148. The van der Waals surface area contributed by atoms with Gasteiger partial charge in [-0.15, -0.1) is 0 Å². The summed E-state index contributed by atoms with van der Waals surface area (Å²) in [5.74, 6) is -11.5. The number of carboxylic acid groups (broad SMARTS) is 1. The third-order valence-electron chi connectivity index (χ3n) is 10.5. The Bertz CT molecular complexity index is 2060. The lowest BCUT2D eigenvalue weighted by atomic mass is 10.0. The van der Waals surface area contributed by atoms with Gasteiger partial charge in [-0.1, -0.05) is 30.3 Å². The highest BCUT2D eigenvalue weighted by Crippen LogP contribution is 2.20. The van der Waals surface area contributed by atoms with Gasteiger partial charge < -0.3 is 81.0 Å². The van der Waals surface area contributed by atoms with E-state index in [1.165, 1.54) is 6.92 Å². The lowest BCUT2D eigenvalue weighted by Gasteiger charge is -2.30. The summed E-state index contributed by atoms with van der Waals surface area (Å²) in [5, 5.41) is 36.1. The molecule has 0 bridgehead atoms. The molecule has 1 aromatic carbocycles. The number of hydrogen-bond donors (Lipinski definition) is 16. The molecule has 19 N–H and O–H groups in total. The molecule has 1 saturated heterocycles. The van der Waals surface area contributed by atoms with Crippen LogP contribution in [0.5, 0.6) is 0 Å². The quantitative estimate of drug-likeness (QED) is 0.0147. The Hall–Kier alpha value is -6.72. The number of nitrogens with zero attached hydrogens (tertiary/aromatic N) is 2. The van der Waals surface area contributed by atoms with Crippen molar-refractivity contribution in [2.45, 2.75) is 113 Å². The van der Waals surface area contributed by atoms with E-state index in [4.69, 9.17) is 33.8 Å². The molecule has 0 saturated carbocycles. The molecule has 0 spiro atoms. The molecule has 9 atom stereocenters. The first kappa shape index (κ1) is 59.4. The zero-order chi connectivity index (χ0) is 52.7. The Labute approximate surface area is 413 Å². The number of nitrogens with one attached hydrogen (secondary N) is 7.